The van der Waals surface area contributed by atoms with Gasteiger partial charge >= 0.3 is 5.97 Å². The molecular formula is C26H24N2O5. The third-order valence-electron chi connectivity index (χ3n) is 4.76. The Morgan fingerprint density at radius 2 is 1.30 bits per heavy atom. The van der Waals surface area contributed by atoms with Gasteiger partial charge in [-0.25, -0.2) is 0 Å². The van der Waals surface area contributed by atoms with Crippen LogP contribution < -0.4 is 10.2 Å². The van der Waals surface area contributed by atoms with E-state index in [1.165, 1.54) is 6.92 Å². The first kappa shape index (κ1) is 23.4. The Labute approximate surface area is 192 Å². The molecule has 1 N–H and O–H groups in total. The van der Waals surface area contributed by atoms with Gasteiger partial charge in [0.25, 0.3) is 5.91 Å². The number of hydrogen-bond donors (Lipinski definition) is 1. The van der Waals surface area contributed by atoms with E-state index in [9.17, 15) is 19.2 Å². The number of nitrogens with one attached hydrogen (secondary N) is 1. The largest absolute Gasteiger partial charge is 0.456 e. The Morgan fingerprint density at radius 3 is 1.82 bits per heavy atom. The summed E-state index contributed by atoms with van der Waals surface area (Å²) in [6.07, 6.45) is -0.230. The van der Waals surface area contributed by atoms with Gasteiger partial charge in [-0.1, -0.05) is 36.4 Å². The average Bonchev–Trinajstić information content (AvgIpc) is 2.83. The fraction of sp³-hybridized carbons (Fsp3) is 0.154. The molecule has 33 heavy (non-hydrogen) atoms. The predicted octanol–water partition coefficient (Wildman–Crippen LogP) is 4.52. The second-order valence-electron chi connectivity index (χ2n) is 7.24. The van der Waals surface area contributed by atoms with Gasteiger partial charge in [0.05, 0.1) is 6.42 Å². The predicted molar refractivity (Wildman–Crippen MR) is 125 cm³/mol. The van der Waals surface area contributed by atoms with Gasteiger partial charge in [-0.2, -0.15) is 0 Å². The van der Waals surface area contributed by atoms with Gasteiger partial charge in [-0.3, -0.25) is 24.1 Å². The molecular weight excluding hydrogens is 420 g/mol. The number of amides is 2. The summed E-state index contributed by atoms with van der Waals surface area (Å²) in [5.74, 6) is -1.50. The Morgan fingerprint density at radius 1 is 0.758 bits per heavy atom. The zero-order chi connectivity index (χ0) is 23.6. The van der Waals surface area contributed by atoms with Gasteiger partial charge in [0.2, 0.25) is 5.91 Å². The van der Waals surface area contributed by atoms with Crippen molar-refractivity contribution in [2.75, 3.05) is 16.8 Å². The van der Waals surface area contributed by atoms with Crippen LogP contribution in [-0.2, 0) is 19.1 Å². The summed E-state index contributed by atoms with van der Waals surface area (Å²) in [5, 5.41) is 2.59. The van der Waals surface area contributed by atoms with Crippen molar-refractivity contribution in [2.24, 2.45) is 0 Å². The molecule has 0 unspecified atom stereocenters. The van der Waals surface area contributed by atoms with Crippen LogP contribution in [0, 0.1) is 0 Å². The second-order valence-corrected chi connectivity index (χ2v) is 7.24. The lowest BCUT2D eigenvalue weighted by atomic mass is 10.1. The summed E-state index contributed by atoms with van der Waals surface area (Å²) in [4.78, 5) is 49.9. The lowest BCUT2D eigenvalue weighted by Crippen LogP contribution is -2.27. The van der Waals surface area contributed by atoms with E-state index in [0.29, 0.717) is 22.6 Å². The third-order valence-corrected chi connectivity index (χ3v) is 4.76. The van der Waals surface area contributed by atoms with E-state index in [1.807, 2.05) is 60.7 Å². The zero-order valence-corrected chi connectivity index (χ0v) is 18.2. The number of esters is 1. The quantitative estimate of drug-likeness (QED) is 0.387. The van der Waals surface area contributed by atoms with Crippen molar-refractivity contribution < 1.29 is 23.9 Å². The molecule has 168 valence electrons. The topological polar surface area (TPSA) is 92.8 Å². The van der Waals surface area contributed by atoms with Crippen molar-refractivity contribution in [1.29, 1.82) is 0 Å². The first-order valence-corrected chi connectivity index (χ1v) is 10.4. The second kappa shape index (κ2) is 11.4. The van der Waals surface area contributed by atoms with E-state index in [-0.39, 0.29) is 24.5 Å². The number of nitrogens with zero attached hydrogens (tertiary/aromatic N) is 1. The maximum Gasteiger partial charge on any atom is 0.306 e. The third kappa shape index (κ3) is 6.87. The molecule has 3 aromatic carbocycles. The lowest BCUT2D eigenvalue weighted by Gasteiger charge is -2.23. The molecule has 0 heterocycles. The van der Waals surface area contributed by atoms with Gasteiger partial charge in [0.1, 0.15) is 0 Å². The Bertz CT molecular complexity index is 1070. The lowest BCUT2D eigenvalue weighted by molar-refractivity contribution is -0.148. The summed E-state index contributed by atoms with van der Waals surface area (Å²) in [5.41, 5.74) is 2.40. The fourth-order valence-corrected chi connectivity index (χ4v) is 3.12. The molecule has 7 heteroatoms. The molecule has 0 saturated heterocycles. The molecule has 7 nitrogen and oxygen atoms in total. The summed E-state index contributed by atoms with van der Waals surface area (Å²) >= 11 is 0. The molecule has 0 aromatic heterocycles. The molecule has 0 saturated carbocycles. The number of carbonyl (C=O) groups excluding carboxylic acids is 4. The summed E-state index contributed by atoms with van der Waals surface area (Å²) < 4.78 is 5.00. The van der Waals surface area contributed by atoms with Crippen LogP contribution in [0.25, 0.3) is 0 Å². The number of rotatable bonds is 9. The van der Waals surface area contributed by atoms with Gasteiger partial charge in [0.15, 0.2) is 12.4 Å². The number of ketones is 1. The molecule has 0 aliphatic rings. The van der Waals surface area contributed by atoms with E-state index < -0.39 is 18.5 Å². The number of hydrogen-bond acceptors (Lipinski definition) is 5. The molecule has 0 atom stereocenters. The minimum atomic E-state index is -0.647. The van der Waals surface area contributed by atoms with Crippen molar-refractivity contribution in [1.82, 2.24) is 0 Å². The highest BCUT2D eigenvalue weighted by Gasteiger charge is 2.19. The highest BCUT2D eigenvalue weighted by Crippen LogP contribution is 2.26. The maximum atomic E-state index is 12.9. The van der Waals surface area contributed by atoms with Gasteiger partial charge in [-0.15, -0.1) is 0 Å². The van der Waals surface area contributed by atoms with Crippen molar-refractivity contribution in [3.8, 4) is 0 Å². The van der Waals surface area contributed by atoms with Crippen LogP contribution in [-0.4, -0.2) is 30.2 Å². The zero-order valence-electron chi connectivity index (χ0n) is 18.2. The minimum absolute atomic E-state index is 0.0727. The highest BCUT2D eigenvalue weighted by atomic mass is 16.5. The number of para-hydroxylation sites is 2. The SMILES string of the molecule is CC(=O)c1ccc(NC(=O)COC(=O)CCC(=O)N(c2ccccc2)c2ccccc2)cc1. The minimum Gasteiger partial charge on any atom is -0.456 e. The molecule has 0 fully saturated rings. The Kier molecular flexibility index (Phi) is 8.07. The summed E-state index contributed by atoms with van der Waals surface area (Å²) in [6, 6.07) is 24.7. The van der Waals surface area contributed by atoms with Crippen molar-refractivity contribution in [3.05, 3.63) is 90.5 Å². The Hall–Kier alpha value is -4.26. The molecule has 0 bridgehead atoms. The van der Waals surface area contributed by atoms with Crippen LogP contribution in [0.15, 0.2) is 84.9 Å². The van der Waals surface area contributed by atoms with Crippen LogP contribution in [0.1, 0.15) is 30.1 Å². The standard InChI is InChI=1S/C26H24N2O5/c1-19(29)20-12-14-21(15-13-20)27-24(30)18-33-26(32)17-16-25(31)28(22-8-4-2-5-9-22)23-10-6-3-7-11-23/h2-15H,16-18H2,1H3,(H,27,30). The molecule has 0 aliphatic carbocycles. The molecule has 3 rings (SSSR count). The number of benzene rings is 3. The number of anilines is 3. The van der Waals surface area contributed by atoms with Crippen LogP contribution in [0.2, 0.25) is 0 Å². The van der Waals surface area contributed by atoms with E-state index in [4.69, 9.17) is 4.74 Å². The number of Topliss-reactive ketones (excluding diaryl/α,β-unsaturated/α-hetero) is 1. The first-order valence-electron chi connectivity index (χ1n) is 10.4. The molecule has 0 spiro atoms. The smallest absolute Gasteiger partial charge is 0.306 e. The maximum absolute atomic E-state index is 12.9. The summed E-state index contributed by atoms with van der Waals surface area (Å²) in [7, 11) is 0. The number of carbonyl (C=O) groups is 4. The monoisotopic (exact) mass is 444 g/mol. The van der Waals surface area contributed by atoms with Crippen LogP contribution in [0.5, 0.6) is 0 Å². The van der Waals surface area contributed by atoms with E-state index in [0.717, 1.165) is 0 Å². The number of ether oxygens (including phenoxy) is 1. The molecule has 0 radical (unpaired) electrons. The van der Waals surface area contributed by atoms with Gasteiger partial charge < -0.3 is 10.1 Å². The summed E-state index contributed by atoms with van der Waals surface area (Å²) in [6.45, 7) is 0.985. The first-order chi connectivity index (χ1) is 15.9. The van der Waals surface area contributed by atoms with Crippen molar-refractivity contribution in [3.63, 3.8) is 0 Å². The van der Waals surface area contributed by atoms with Crippen molar-refractivity contribution in [2.45, 2.75) is 19.8 Å². The highest BCUT2D eigenvalue weighted by molar-refractivity contribution is 6.01. The van der Waals surface area contributed by atoms with E-state index in [1.54, 1.807) is 29.2 Å². The molecule has 2 amide bonds. The average molecular weight is 444 g/mol. The van der Waals surface area contributed by atoms with Crippen LogP contribution >= 0.6 is 0 Å². The molecule has 3 aromatic rings. The van der Waals surface area contributed by atoms with E-state index >= 15 is 0 Å². The fourth-order valence-electron chi connectivity index (χ4n) is 3.12. The van der Waals surface area contributed by atoms with Crippen LogP contribution in [0.4, 0.5) is 17.1 Å². The van der Waals surface area contributed by atoms with Gasteiger partial charge in [-0.05, 0) is 55.5 Å². The Balaban J connectivity index is 1.51. The van der Waals surface area contributed by atoms with Crippen LogP contribution in [0.3, 0.4) is 0 Å². The normalized spacial score (nSPS) is 10.2. The molecule has 0 aliphatic heterocycles. The van der Waals surface area contributed by atoms with Crippen molar-refractivity contribution >= 4 is 40.6 Å². The van der Waals surface area contributed by atoms with Gasteiger partial charge in [0, 0.05) is 29.0 Å². The van der Waals surface area contributed by atoms with E-state index in [2.05, 4.69) is 5.32 Å².